The highest BCUT2D eigenvalue weighted by atomic mass is 16.5. The molecule has 0 saturated carbocycles. The Bertz CT molecular complexity index is 1220. The molecule has 0 unspecified atom stereocenters. The molecule has 0 aliphatic heterocycles. The molecule has 2 aromatic carbocycles. The number of carbonyl (C=O) groups excluding carboxylic acids is 1. The van der Waals surface area contributed by atoms with E-state index in [1.807, 2.05) is 30.3 Å². The van der Waals surface area contributed by atoms with Crippen molar-refractivity contribution in [1.82, 2.24) is 15.0 Å². The maximum Gasteiger partial charge on any atom is 0.360 e. The summed E-state index contributed by atoms with van der Waals surface area (Å²) in [4.78, 5) is 24.0. The zero-order chi connectivity index (χ0) is 19.0. The predicted molar refractivity (Wildman–Crippen MR) is 99.8 cm³/mol. The van der Waals surface area contributed by atoms with Gasteiger partial charge in [0, 0.05) is 11.5 Å². The summed E-state index contributed by atoms with van der Waals surface area (Å²) in [6.45, 7) is 4.03. The van der Waals surface area contributed by atoms with Crippen molar-refractivity contribution >= 4 is 27.7 Å². The van der Waals surface area contributed by atoms with E-state index in [0.717, 1.165) is 21.7 Å². The van der Waals surface area contributed by atoms with Crippen LogP contribution in [0.3, 0.4) is 0 Å². The van der Waals surface area contributed by atoms with E-state index in [0.29, 0.717) is 11.3 Å². The van der Waals surface area contributed by atoms with E-state index in [9.17, 15) is 9.59 Å². The Hall–Kier alpha value is -3.48. The lowest BCUT2D eigenvalue weighted by Gasteiger charge is -2.09. The minimum atomic E-state index is -0.510. The van der Waals surface area contributed by atoms with E-state index >= 15 is 0 Å². The number of fused-ring (bicyclic) bond motifs is 3. The molecule has 4 aromatic rings. The fourth-order valence-electron chi connectivity index (χ4n) is 3.20. The summed E-state index contributed by atoms with van der Waals surface area (Å²) in [6, 6.07) is 13.1. The van der Waals surface area contributed by atoms with Gasteiger partial charge in [0.25, 0.3) is 0 Å². The van der Waals surface area contributed by atoms with Gasteiger partial charge in [0.15, 0.2) is 5.69 Å². The predicted octanol–water partition coefficient (Wildman–Crippen LogP) is 3.07. The van der Waals surface area contributed by atoms with Gasteiger partial charge in [-0.2, -0.15) is 0 Å². The Balaban J connectivity index is 1.86. The van der Waals surface area contributed by atoms with Crippen molar-refractivity contribution in [3.63, 3.8) is 0 Å². The van der Waals surface area contributed by atoms with Gasteiger partial charge in [-0.1, -0.05) is 35.5 Å². The zero-order valence-electron chi connectivity index (χ0n) is 14.9. The van der Waals surface area contributed by atoms with Crippen molar-refractivity contribution in [1.29, 1.82) is 0 Å². The van der Waals surface area contributed by atoms with Crippen LogP contribution in [0.15, 0.2) is 51.7 Å². The fourth-order valence-corrected chi connectivity index (χ4v) is 3.20. The van der Waals surface area contributed by atoms with Crippen molar-refractivity contribution in [3.05, 3.63) is 69.8 Å². The van der Waals surface area contributed by atoms with Gasteiger partial charge in [0.2, 0.25) is 0 Å². The molecule has 4 rings (SSSR count). The molecule has 136 valence electrons. The molecule has 0 N–H and O–H groups in total. The maximum atomic E-state index is 12.0. The van der Waals surface area contributed by atoms with Gasteiger partial charge < -0.3 is 9.15 Å². The van der Waals surface area contributed by atoms with Crippen molar-refractivity contribution in [2.75, 3.05) is 6.61 Å². The molecule has 0 aliphatic carbocycles. The van der Waals surface area contributed by atoms with Crippen LogP contribution in [0, 0.1) is 6.92 Å². The largest absolute Gasteiger partial charge is 0.461 e. The molecule has 2 heterocycles. The van der Waals surface area contributed by atoms with E-state index in [1.54, 1.807) is 24.6 Å². The van der Waals surface area contributed by atoms with Crippen LogP contribution in [-0.4, -0.2) is 27.6 Å². The van der Waals surface area contributed by atoms with Gasteiger partial charge in [-0.3, -0.25) is 0 Å². The highest BCUT2D eigenvalue weighted by molar-refractivity contribution is 6.07. The molecule has 0 spiro atoms. The van der Waals surface area contributed by atoms with Crippen LogP contribution < -0.4 is 5.63 Å². The SMILES string of the molecule is CCOC(=O)c1nnn(Cc2cc(=O)oc3ccc4ccccc4c23)c1C. The number of rotatable bonds is 4. The van der Waals surface area contributed by atoms with Gasteiger partial charge in [-0.15, -0.1) is 5.10 Å². The average molecular weight is 363 g/mol. The van der Waals surface area contributed by atoms with Crippen molar-refractivity contribution < 1.29 is 13.9 Å². The fraction of sp³-hybridized carbons (Fsp3) is 0.200. The zero-order valence-corrected chi connectivity index (χ0v) is 14.9. The highest BCUT2D eigenvalue weighted by Gasteiger charge is 2.19. The molecule has 2 aromatic heterocycles. The minimum Gasteiger partial charge on any atom is -0.461 e. The molecule has 7 heteroatoms. The normalized spacial score (nSPS) is 11.2. The quantitative estimate of drug-likeness (QED) is 0.315. The molecule has 0 saturated heterocycles. The van der Waals surface area contributed by atoms with Gasteiger partial charge in [-0.25, -0.2) is 14.3 Å². The van der Waals surface area contributed by atoms with E-state index in [-0.39, 0.29) is 18.8 Å². The van der Waals surface area contributed by atoms with Crippen LogP contribution >= 0.6 is 0 Å². The van der Waals surface area contributed by atoms with Gasteiger partial charge in [0.05, 0.1) is 18.8 Å². The molecule has 0 amide bonds. The van der Waals surface area contributed by atoms with E-state index in [4.69, 9.17) is 9.15 Å². The third-order valence-corrected chi connectivity index (χ3v) is 4.49. The molecule has 27 heavy (non-hydrogen) atoms. The van der Waals surface area contributed by atoms with Crippen LogP contribution in [-0.2, 0) is 11.3 Å². The van der Waals surface area contributed by atoms with Crippen LogP contribution in [0.5, 0.6) is 0 Å². The maximum absolute atomic E-state index is 12.0. The summed E-state index contributed by atoms with van der Waals surface area (Å²) in [5, 5.41) is 10.9. The number of esters is 1. The smallest absolute Gasteiger partial charge is 0.360 e. The standard InChI is InChI=1S/C20H17N3O4/c1-3-26-20(25)19-12(2)23(22-21-19)11-14-10-17(24)27-16-9-8-13-6-4-5-7-15(13)18(14)16/h4-10H,3,11H2,1-2H3. The second kappa shape index (κ2) is 6.68. The van der Waals surface area contributed by atoms with Gasteiger partial charge in [-0.05, 0) is 36.2 Å². The first-order valence-electron chi connectivity index (χ1n) is 8.60. The van der Waals surface area contributed by atoms with Crippen molar-refractivity contribution in [2.24, 2.45) is 0 Å². The number of nitrogens with zero attached hydrogens (tertiary/aromatic N) is 3. The molecule has 0 aliphatic rings. The molecular weight excluding hydrogens is 346 g/mol. The number of ether oxygens (including phenoxy) is 1. The average Bonchev–Trinajstić information content (AvgIpc) is 3.02. The highest BCUT2D eigenvalue weighted by Crippen LogP contribution is 2.28. The Morgan fingerprint density at radius 3 is 2.85 bits per heavy atom. The second-order valence-electron chi connectivity index (χ2n) is 6.15. The molecule has 0 bridgehead atoms. The number of hydrogen-bond donors (Lipinski definition) is 0. The monoisotopic (exact) mass is 363 g/mol. The summed E-state index contributed by atoms with van der Waals surface area (Å²) in [7, 11) is 0. The molecular formula is C20H17N3O4. The van der Waals surface area contributed by atoms with Crippen LogP contribution in [0.1, 0.15) is 28.7 Å². The number of carbonyl (C=O) groups is 1. The summed E-state index contributed by atoms with van der Waals surface area (Å²) in [6.07, 6.45) is 0. The topological polar surface area (TPSA) is 87.2 Å². The Kier molecular flexibility index (Phi) is 4.19. The first-order chi connectivity index (χ1) is 13.1. The van der Waals surface area contributed by atoms with Crippen molar-refractivity contribution in [2.45, 2.75) is 20.4 Å². The first-order valence-corrected chi connectivity index (χ1v) is 8.60. The Morgan fingerprint density at radius 1 is 1.22 bits per heavy atom. The van der Waals surface area contributed by atoms with E-state index < -0.39 is 11.6 Å². The summed E-state index contributed by atoms with van der Waals surface area (Å²) < 4.78 is 12.0. The minimum absolute atomic E-state index is 0.175. The second-order valence-corrected chi connectivity index (χ2v) is 6.15. The number of hydrogen-bond acceptors (Lipinski definition) is 6. The van der Waals surface area contributed by atoms with Gasteiger partial charge >= 0.3 is 11.6 Å². The number of aromatic nitrogens is 3. The summed E-state index contributed by atoms with van der Waals surface area (Å²) in [5.41, 5.74) is 1.58. The molecule has 7 nitrogen and oxygen atoms in total. The first kappa shape index (κ1) is 17.0. The van der Waals surface area contributed by atoms with E-state index in [1.165, 1.54) is 6.07 Å². The Morgan fingerprint density at radius 2 is 2.04 bits per heavy atom. The van der Waals surface area contributed by atoms with Crippen LogP contribution in [0.25, 0.3) is 21.7 Å². The lowest BCUT2D eigenvalue weighted by Crippen LogP contribution is -2.10. The Labute approximate surface area is 154 Å². The van der Waals surface area contributed by atoms with Crippen LogP contribution in [0.4, 0.5) is 0 Å². The number of benzene rings is 2. The van der Waals surface area contributed by atoms with E-state index in [2.05, 4.69) is 10.3 Å². The lowest BCUT2D eigenvalue weighted by atomic mass is 10.0. The van der Waals surface area contributed by atoms with Crippen molar-refractivity contribution in [3.8, 4) is 0 Å². The van der Waals surface area contributed by atoms with Gasteiger partial charge in [0.1, 0.15) is 5.58 Å². The summed E-state index contributed by atoms with van der Waals surface area (Å²) in [5.74, 6) is -0.510. The third kappa shape index (κ3) is 2.97. The lowest BCUT2D eigenvalue weighted by molar-refractivity contribution is 0.0518. The van der Waals surface area contributed by atoms with Crippen LogP contribution in [0.2, 0.25) is 0 Å². The molecule has 0 atom stereocenters. The third-order valence-electron chi connectivity index (χ3n) is 4.49. The molecule has 0 fully saturated rings. The summed E-state index contributed by atoms with van der Waals surface area (Å²) >= 11 is 0. The molecule has 0 radical (unpaired) electrons.